The Labute approximate surface area is 400 Å². The van der Waals surface area contributed by atoms with Crippen molar-refractivity contribution in [3.05, 3.63) is 283 Å². The Kier molecular flexibility index (Phi) is 8.84. The minimum atomic E-state index is -0.551. The fourth-order valence-corrected chi connectivity index (χ4v) is 11.7. The van der Waals surface area contributed by atoms with Crippen LogP contribution in [0.1, 0.15) is 22.3 Å². The Morgan fingerprint density at radius 2 is 0.884 bits per heavy atom. The summed E-state index contributed by atoms with van der Waals surface area (Å²) in [7, 11) is 0. The molecule has 0 radical (unpaired) electrons. The maximum Gasteiger partial charge on any atom is 0.143 e. The summed E-state index contributed by atoms with van der Waals surface area (Å²) in [5.41, 5.74) is 16.6. The molecule has 1 heterocycles. The predicted octanol–water partition coefficient (Wildman–Crippen LogP) is 18.2. The topological polar surface area (TPSA) is 16.4 Å². The van der Waals surface area contributed by atoms with Crippen LogP contribution in [0.5, 0.6) is 0 Å². The van der Waals surface area contributed by atoms with Crippen LogP contribution < -0.4 is 4.90 Å². The SMILES string of the molecule is c1ccc(C2(c3ccccc3)c3ccccc3-c3ccc(N(c4ccc(-c5ccc6c(ccc7ccccc76)c5)cc4)c4ccccc4-c4cccc5oc6c7ccccc7ccc6c45)cc32)cc1. The third-order valence-electron chi connectivity index (χ3n) is 14.7. The highest BCUT2D eigenvalue weighted by molar-refractivity contribution is 6.20. The van der Waals surface area contributed by atoms with Crippen LogP contribution in [0, 0.1) is 0 Å². The summed E-state index contributed by atoms with van der Waals surface area (Å²) < 4.78 is 6.78. The Morgan fingerprint density at radius 1 is 0.319 bits per heavy atom. The molecule has 0 unspecified atom stereocenters. The average Bonchev–Trinajstić information content (AvgIpc) is 3.96. The lowest BCUT2D eigenvalue weighted by atomic mass is 9.67. The van der Waals surface area contributed by atoms with Crippen molar-refractivity contribution in [1.29, 1.82) is 0 Å². The summed E-state index contributed by atoms with van der Waals surface area (Å²) in [5, 5.41) is 9.55. The first-order valence-corrected chi connectivity index (χ1v) is 23.8. The van der Waals surface area contributed by atoms with Gasteiger partial charge in [-0.05, 0) is 126 Å². The number of nitrogens with zero attached hydrogens (tertiary/aromatic N) is 1. The molecule has 1 aliphatic carbocycles. The standard InChI is InChI=1S/C67H43NO/c1-3-18-49(19-4-1)67(50-20-5-2-6-21-50)61-27-13-11-24-56(61)57-41-38-52(43-62(57)67)68(51-36-32-44(33-37-51)47-35-39-54-48(42-47)31-30-45-16-7-9-22-53(45)54)63-28-14-12-25-58(63)59-26-15-29-64-65(59)60-40-34-46-17-8-10-23-55(46)66(60)69-64/h1-43H. The van der Waals surface area contributed by atoms with E-state index in [-0.39, 0.29) is 0 Å². The predicted molar refractivity (Wildman–Crippen MR) is 289 cm³/mol. The molecule has 2 nitrogen and oxygen atoms in total. The van der Waals surface area contributed by atoms with Crippen LogP contribution in [0.4, 0.5) is 17.1 Å². The van der Waals surface area contributed by atoms with Crippen LogP contribution in [0.3, 0.4) is 0 Å². The summed E-state index contributed by atoms with van der Waals surface area (Å²) >= 11 is 0. The van der Waals surface area contributed by atoms with E-state index in [1.807, 2.05) is 0 Å². The van der Waals surface area contributed by atoms with Crippen LogP contribution in [0.15, 0.2) is 265 Å². The number of furan rings is 1. The minimum absolute atomic E-state index is 0.551. The second kappa shape index (κ2) is 15.6. The normalized spacial score (nSPS) is 12.8. The maximum absolute atomic E-state index is 6.78. The van der Waals surface area contributed by atoms with E-state index in [2.05, 4.69) is 266 Å². The Bertz CT molecular complexity index is 4090. The lowest BCUT2D eigenvalue weighted by Gasteiger charge is -2.35. The van der Waals surface area contributed by atoms with Gasteiger partial charge in [0.1, 0.15) is 11.2 Å². The highest BCUT2D eigenvalue weighted by Gasteiger charge is 2.46. The van der Waals surface area contributed by atoms with Gasteiger partial charge in [0.2, 0.25) is 0 Å². The molecular weight excluding hydrogens is 835 g/mol. The average molecular weight is 878 g/mol. The summed E-state index contributed by atoms with van der Waals surface area (Å²) in [6.45, 7) is 0. The van der Waals surface area contributed by atoms with Gasteiger partial charge in [0.25, 0.3) is 0 Å². The van der Waals surface area contributed by atoms with Crippen LogP contribution in [0.2, 0.25) is 0 Å². The highest BCUT2D eigenvalue weighted by Crippen LogP contribution is 2.57. The van der Waals surface area contributed by atoms with Crippen molar-refractivity contribution in [2.75, 3.05) is 4.90 Å². The number of fused-ring (bicyclic) bond motifs is 11. The van der Waals surface area contributed by atoms with Crippen molar-refractivity contribution in [1.82, 2.24) is 0 Å². The minimum Gasteiger partial charge on any atom is -0.455 e. The number of anilines is 3. The molecule has 0 saturated carbocycles. The lowest BCUT2D eigenvalue weighted by Crippen LogP contribution is -2.28. The van der Waals surface area contributed by atoms with Gasteiger partial charge in [-0.25, -0.2) is 0 Å². The molecule has 1 aromatic heterocycles. The largest absolute Gasteiger partial charge is 0.455 e. The zero-order valence-corrected chi connectivity index (χ0v) is 37.7. The van der Waals surface area contributed by atoms with Gasteiger partial charge >= 0.3 is 0 Å². The van der Waals surface area contributed by atoms with E-state index in [0.29, 0.717) is 0 Å². The summed E-state index contributed by atoms with van der Waals surface area (Å²) in [5.74, 6) is 0. The number of hydrogen-bond donors (Lipinski definition) is 0. The first-order valence-electron chi connectivity index (χ1n) is 23.8. The van der Waals surface area contributed by atoms with Crippen molar-refractivity contribution in [3.63, 3.8) is 0 Å². The van der Waals surface area contributed by atoms with Crippen molar-refractivity contribution < 1.29 is 4.42 Å². The van der Waals surface area contributed by atoms with Gasteiger partial charge in [0.15, 0.2) is 0 Å². The van der Waals surface area contributed by atoms with Gasteiger partial charge in [-0.15, -0.1) is 0 Å². The molecule has 69 heavy (non-hydrogen) atoms. The Hall–Kier alpha value is -8.98. The molecule has 322 valence electrons. The smallest absolute Gasteiger partial charge is 0.143 e. The van der Waals surface area contributed by atoms with Gasteiger partial charge in [0.05, 0.1) is 11.1 Å². The lowest BCUT2D eigenvalue weighted by molar-refractivity contribution is 0.673. The molecule has 13 aromatic rings. The Balaban J connectivity index is 0.996. The molecular formula is C67H43NO. The monoisotopic (exact) mass is 877 g/mol. The van der Waals surface area contributed by atoms with E-state index in [0.717, 1.165) is 55.5 Å². The summed E-state index contributed by atoms with van der Waals surface area (Å²) in [4.78, 5) is 2.46. The second-order valence-electron chi connectivity index (χ2n) is 18.3. The molecule has 2 heteroatoms. The van der Waals surface area contributed by atoms with Crippen LogP contribution in [-0.2, 0) is 5.41 Å². The van der Waals surface area contributed by atoms with Crippen molar-refractivity contribution in [2.45, 2.75) is 5.41 Å². The highest BCUT2D eigenvalue weighted by atomic mass is 16.3. The molecule has 12 aromatic carbocycles. The van der Waals surface area contributed by atoms with E-state index in [1.165, 1.54) is 71.4 Å². The second-order valence-corrected chi connectivity index (χ2v) is 18.3. The zero-order valence-electron chi connectivity index (χ0n) is 37.7. The first-order chi connectivity index (χ1) is 34.2. The van der Waals surface area contributed by atoms with Crippen molar-refractivity contribution >= 4 is 71.3 Å². The molecule has 0 atom stereocenters. The molecule has 1 aliphatic rings. The van der Waals surface area contributed by atoms with Gasteiger partial charge in [-0.1, -0.05) is 212 Å². The molecule has 0 fully saturated rings. The van der Waals surface area contributed by atoms with Gasteiger partial charge in [-0.3, -0.25) is 0 Å². The fourth-order valence-electron chi connectivity index (χ4n) is 11.7. The van der Waals surface area contributed by atoms with E-state index < -0.39 is 5.41 Å². The van der Waals surface area contributed by atoms with E-state index in [4.69, 9.17) is 4.42 Å². The Morgan fingerprint density at radius 3 is 1.68 bits per heavy atom. The van der Waals surface area contributed by atoms with Gasteiger partial charge in [-0.2, -0.15) is 0 Å². The molecule has 0 bridgehead atoms. The molecule has 0 spiro atoms. The van der Waals surface area contributed by atoms with Crippen LogP contribution in [0.25, 0.3) is 87.6 Å². The van der Waals surface area contributed by atoms with Gasteiger partial charge in [0, 0.05) is 33.1 Å². The summed E-state index contributed by atoms with van der Waals surface area (Å²) in [6, 6.07) is 95.7. The van der Waals surface area contributed by atoms with Gasteiger partial charge < -0.3 is 9.32 Å². The van der Waals surface area contributed by atoms with E-state index in [9.17, 15) is 0 Å². The molecule has 0 saturated heterocycles. The quantitative estimate of drug-likeness (QED) is 0.148. The molecule has 0 N–H and O–H groups in total. The molecule has 0 aliphatic heterocycles. The number of hydrogen-bond acceptors (Lipinski definition) is 2. The summed E-state index contributed by atoms with van der Waals surface area (Å²) in [6.07, 6.45) is 0. The zero-order chi connectivity index (χ0) is 45.5. The molecule has 0 amide bonds. The molecule has 14 rings (SSSR count). The number of benzene rings is 12. The third kappa shape index (κ3) is 5.99. The number of para-hydroxylation sites is 1. The van der Waals surface area contributed by atoms with Crippen LogP contribution in [-0.4, -0.2) is 0 Å². The first kappa shape index (κ1) is 39.2. The van der Waals surface area contributed by atoms with Crippen molar-refractivity contribution in [2.24, 2.45) is 0 Å². The number of rotatable bonds is 7. The maximum atomic E-state index is 6.78. The third-order valence-corrected chi connectivity index (χ3v) is 14.7. The van der Waals surface area contributed by atoms with Crippen molar-refractivity contribution in [3.8, 4) is 33.4 Å². The fraction of sp³-hybridized carbons (Fsp3) is 0.0149. The van der Waals surface area contributed by atoms with E-state index in [1.54, 1.807) is 0 Å². The van der Waals surface area contributed by atoms with E-state index >= 15 is 0 Å². The van der Waals surface area contributed by atoms with Crippen LogP contribution >= 0.6 is 0 Å².